The molecular formula is C13H22N2O2S2. The maximum atomic E-state index is 12.5. The lowest BCUT2D eigenvalue weighted by atomic mass is 10.2. The number of nitrogens with two attached hydrogens (primary N) is 1. The summed E-state index contributed by atoms with van der Waals surface area (Å²) < 4.78 is 26.4. The van der Waals surface area contributed by atoms with Crippen molar-refractivity contribution in [2.75, 3.05) is 24.8 Å². The Hall–Kier alpha value is -0.720. The quantitative estimate of drug-likeness (QED) is 0.819. The zero-order chi connectivity index (χ0) is 14.6. The minimum absolute atomic E-state index is 0.0278. The molecule has 0 fully saturated rings. The Morgan fingerprint density at radius 2 is 2.05 bits per heavy atom. The molecule has 0 heterocycles. The molecule has 1 aromatic rings. The van der Waals surface area contributed by atoms with Crippen LogP contribution in [0.2, 0.25) is 0 Å². The third-order valence-electron chi connectivity index (χ3n) is 3.29. The number of rotatable bonds is 6. The molecule has 1 unspecified atom stereocenters. The van der Waals surface area contributed by atoms with Gasteiger partial charge in [-0.25, -0.2) is 8.42 Å². The molecule has 0 saturated carbocycles. The summed E-state index contributed by atoms with van der Waals surface area (Å²) in [6.07, 6.45) is 2.85. The Morgan fingerprint density at radius 3 is 2.58 bits per heavy atom. The van der Waals surface area contributed by atoms with Crippen molar-refractivity contribution in [2.45, 2.75) is 31.2 Å². The molecule has 0 bridgehead atoms. The molecule has 0 saturated heterocycles. The second-order valence-electron chi connectivity index (χ2n) is 4.67. The summed E-state index contributed by atoms with van der Waals surface area (Å²) in [6.45, 7) is 3.78. The SMILES string of the molecule is CSCCC(C)N(C)S(=O)(=O)c1ccc(C)c(N)c1. The molecule has 0 aliphatic heterocycles. The largest absolute Gasteiger partial charge is 0.398 e. The lowest BCUT2D eigenvalue weighted by Crippen LogP contribution is -2.35. The summed E-state index contributed by atoms with van der Waals surface area (Å²) in [5, 5.41) is 0. The predicted molar refractivity (Wildman–Crippen MR) is 83.0 cm³/mol. The Bertz CT molecular complexity index is 529. The molecule has 108 valence electrons. The van der Waals surface area contributed by atoms with E-state index in [1.165, 1.54) is 10.4 Å². The van der Waals surface area contributed by atoms with Crippen molar-refractivity contribution < 1.29 is 8.42 Å². The van der Waals surface area contributed by atoms with Crippen molar-refractivity contribution in [3.05, 3.63) is 23.8 Å². The Kier molecular flexibility index (Phi) is 5.70. The lowest BCUT2D eigenvalue weighted by molar-refractivity contribution is 0.382. The number of hydrogen-bond donors (Lipinski definition) is 1. The van der Waals surface area contributed by atoms with Crippen molar-refractivity contribution >= 4 is 27.5 Å². The number of hydrogen-bond acceptors (Lipinski definition) is 4. The number of thioether (sulfide) groups is 1. The van der Waals surface area contributed by atoms with Gasteiger partial charge in [-0.15, -0.1) is 0 Å². The molecule has 0 amide bonds. The Balaban J connectivity index is 2.99. The first-order valence-electron chi connectivity index (χ1n) is 6.13. The minimum Gasteiger partial charge on any atom is -0.398 e. The second-order valence-corrected chi connectivity index (χ2v) is 7.65. The van der Waals surface area contributed by atoms with Gasteiger partial charge in [0.05, 0.1) is 4.90 Å². The third kappa shape index (κ3) is 3.87. The number of anilines is 1. The maximum Gasteiger partial charge on any atom is 0.243 e. The third-order valence-corrected chi connectivity index (χ3v) is 5.90. The summed E-state index contributed by atoms with van der Waals surface area (Å²) in [4.78, 5) is 0.258. The van der Waals surface area contributed by atoms with Crippen LogP contribution in [0.1, 0.15) is 18.9 Å². The number of nitrogen functional groups attached to an aromatic ring is 1. The molecular weight excluding hydrogens is 280 g/mol. The summed E-state index contributed by atoms with van der Waals surface area (Å²) in [5.41, 5.74) is 7.18. The van der Waals surface area contributed by atoms with E-state index in [0.717, 1.165) is 17.7 Å². The molecule has 1 aromatic carbocycles. The zero-order valence-electron chi connectivity index (χ0n) is 11.9. The lowest BCUT2D eigenvalue weighted by Gasteiger charge is -2.24. The van der Waals surface area contributed by atoms with Crippen molar-refractivity contribution in [3.63, 3.8) is 0 Å². The maximum absolute atomic E-state index is 12.5. The number of sulfonamides is 1. The Morgan fingerprint density at radius 1 is 1.42 bits per heavy atom. The average molecular weight is 302 g/mol. The summed E-state index contributed by atoms with van der Waals surface area (Å²) in [6, 6.07) is 4.85. The highest BCUT2D eigenvalue weighted by Gasteiger charge is 2.25. The van der Waals surface area contributed by atoms with Crippen LogP contribution in [0.4, 0.5) is 5.69 Å². The van der Waals surface area contributed by atoms with Crippen LogP contribution >= 0.6 is 11.8 Å². The monoisotopic (exact) mass is 302 g/mol. The van der Waals surface area contributed by atoms with Crippen molar-refractivity contribution in [2.24, 2.45) is 0 Å². The smallest absolute Gasteiger partial charge is 0.243 e. The first-order chi connectivity index (χ1) is 8.80. The molecule has 0 spiro atoms. The summed E-state index contributed by atoms with van der Waals surface area (Å²) >= 11 is 1.72. The molecule has 0 aliphatic carbocycles. The van der Waals surface area contributed by atoms with Gasteiger partial charge >= 0.3 is 0 Å². The van der Waals surface area contributed by atoms with Crippen molar-refractivity contribution in [3.8, 4) is 0 Å². The first kappa shape index (κ1) is 16.3. The molecule has 0 aliphatic rings. The van der Waals surface area contributed by atoms with E-state index in [1.54, 1.807) is 30.9 Å². The topological polar surface area (TPSA) is 63.4 Å². The molecule has 2 N–H and O–H groups in total. The number of nitrogens with zero attached hydrogens (tertiary/aromatic N) is 1. The highest BCUT2D eigenvalue weighted by molar-refractivity contribution is 7.98. The average Bonchev–Trinajstić information content (AvgIpc) is 2.37. The molecule has 0 radical (unpaired) electrons. The van der Waals surface area contributed by atoms with E-state index in [1.807, 2.05) is 20.1 Å². The van der Waals surface area contributed by atoms with Crippen LogP contribution < -0.4 is 5.73 Å². The molecule has 1 atom stereocenters. The molecule has 4 nitrogen and oxygen atoms in total. The van der Waals surface area contributed by atoms with Crippen molar-refractivity contribution in [1.29, 1.82) is 0 Å². The van der Waals surface area contributed by atoms with E-state index in [0.29, 0.717) is 5.69 Å². The number of aryl methyl sites for hydroxylation is 1. The van der Waals surface area contributed by atoms with Gasteiger partial charge in [-0.05, 0) is 50.0 Å². The van der Waals surface area contributed by atoms with E-state index in [-0.39, 0.29) is 10.9 Å². The standard InChI is InChI=1S/C13H22N2O2S2/c1-10-5-6-12(9-13(10)14)19(16,17)15(3)11(2)7-8-18-4/h5-6,9,11H,7-8,14H2,1-4H3. The van der Waals surface area contributed by atoms with E-state index >= 15 is 0 Å². The first-order valence-corrected chi connectivity index (χ1v) is 8.97. The fourth-order valence-electron chi connectivity index (χ4n) is 1.65. The van der Waals surface area contributed by atoms with E-state index in [2.05, 4.69) is 0 Å². The fraction of sp³-hybridized carbons (Fsp3) is 0.538. The van der Waals surface area contributed by atoms with Gasteiger partial charge in [-0.3, -0.25) is 0 Å². The van der Waals surface area contributed by atoms with Crippen LogP contribution in [-0.4, -0.2) is 37.8 Å². The highest BCUT2D eigenvalue weighted by Crippen LogP contribution is 2.22. The second kappa shape index (κ2) is 6.63. The van der Waals surface area contributed by atoms with E-state index < -0.39 is 10.0 Å². The zero-order valence-corrected chi connectivity index (χ0v) is 13.5. The van der Waals surface area contributed by atoms with E-state index in [4.69, 9.17) is 5.73 Å². The van der Waals surface area contributed by atoms with Crippen LogP contribution in [0.25, 0.3) is 0 Å². The Labute approximate surface area is 120 Å². The highest BCUT2D eigenvalue weighted by atomic mass is 32.2. The van der Waals surface area contributed by atoms with Gasteiger partial charge in [0.25, 0.3) is 0 Å². The van der Waals surface area contributed by atoms with Gasteiger partial charge in [0.2, 0.25) is 10.0 Å². The van der Waals surface area contributed by atoms with Gasteiger partial charge in [-0.2, -0.15) is 16.1 Å². The van der Waals surface area contributed by atoms with Crippen LogP contribution in [-0.2, 0) is 10.0 Å². The van der Waals surface area contributed by atoms with Crippen molar-refractivity contribution in [1.82, 2.24) is 4.31 Å². The molecule has 6 heteroatoms. The van der Waals surface area contributed by atoms with Crippen LogP contribution in [0.5, 0.6) is 0 Å². The predicted octanol–water partition coefficient (Wildman–Crippen LogP) is 2.34. The van der Waals surface area contributed by atoms with Gasteiger partial charge in [-0.1, -0.05) is 6.07 Å². The van der Waals surface area contributed by atoms with Gasteiger partial charge in [0, 0.05) is 18.8 Å². The van der Waals surface area contributed by atoms with Crippen LogP contribution in [0.15, 0.2) is 23.1 Å². The molecule has 1 rings (SSSR count). The fourth-order valence-corrected chi connectivity index (χ4v) is 3.66. The van der Waals surface area contributed by atoms with E-state index in [9.17, 15) is 8.42 Å². The summed E-state index contributed by atoms with van der Waals surface area (Å²) in [7, 11) is -1.84. The molecule has 19 heavy (non-hydrogen) atoms. The van der Waals surface area contributed by atoms with Crippen LogP contribution in [0, 0.1) is 6.92 Å². The van der Waals surface area contributed by atoms with Crippen LogP contribution in [0.3, 0.4) is 0 Å². The van der Waals surface area contributed by atoms with Gasteiger partial charge in [0.15, 0.2) is 0 Å². The number of benzene rings is 1. The van der Waals surface area contributed by atoms with Gasteiger partial charge < -0.3 is 5.73 Å². The summed E-state index contributed by atoms with van der Waals surface area (Å²) in [5.74, 6) is 0.942. The minimum atomic E-state index is -3.46. The molecule has 0 aromatic heterocycles. The van der Waals surface area contributed by atoms with Gasteiger partial charge in [0.1, 0.15) is 0 Å². The normalized spacial score (nSPS) is 13.7.